The van der Waals surface area contributed by atoms with Crippen LogP contribution < -0.4 is 11.1 Å². The summed E-state index contributed by atoms with van der Waals surface area (Å²) in [5, 5.41) is 11.2. The normalized spacial score (nSPS) is 13.7. The van der Waals surface area contributed by atoms with Gasteiger partial charge in [-0.15, -0.1) is 10.2 Å². The number of nitrogens with zero attached hydrogens (tertiary/aromatic N) is 3. The molecule has 0 unspecified atom stereocenters. The monoisotopic (exact) mass is 365 g/mol. The van der Waals surface area contributed by atoms with E-state index in [0.717, 1.165) is 38.1 Å². The Morgan fingerprint density at radius 2 is 1.89 bits per heavy atom. The Kier molecular flexibility index (Phi) is 4.58. The van der Waals surface area contributed by atoms with E-state index in [4.69, 9.17) is 5.73 Å². The Morgan fingerprint density at radius 3 is 2.70 bits per heavy atom. The number of rotatable bonds is 3. The fourth-order valence-corrected chi connectivity index (χ4v) is 3.30. The van der Waals surface area contributed by atoms with E-state index in [0.29, 0.717) is 28.3 Å². The van der Waals surface area contributed by atoms with Crippen LogP contribution in [0.25, 0.3) is 11.4 Å². The van der Waals surface area contributed by atoms with Gasteiger partial charge < -0.3 is 15.6 Å². The number of halogens is 1. The summed E-state index contributed by atoms with van der Waals surface area (Å²) in [6, 6.07) is 11.1. The number of benzene rings is 2. The molecule has 3 N–H and O–H groups in total. The van der Waals surface area contributed by atoms with Gasteiger partial charge in [0.1, 0.15) is 11.6 Å². The number of fused-ring (bicyclic) bond motifs is 1. The summed E-state index contributed by atoms with van der Waals surface area (Å²) >= 11 is 0. The van der Waals surface area contributed by atoms with Gasteiger partial charge in [0.05, 0.1) is 5.56 Å². The molecule has 0 saturated carbocycles. The number of nitrogens with one attached hydrogen (secondary N) is 1. The molecule has 0 saturated heterocycles. The van der Waals surface area contributed by atoms with Gasteiger partial charge in [-0.25, -0.2) is 4.39 Å². The molecule has 2 aromatic carbocycles. The van der Waals surface area contributed by atoms with Gasteiger partial charge in [0, 0.05) is 29.9 Å². The van der Waals surface area contributed by atoms with Gasteiger partial charge in [-0.05, 0) is 55.3 Å². The molecule has 1 amide bonds. The van der Waals surface area contributed by atoms with Crippen LogP contribution in [0.2, 0.25) is 0 Å². The minimum atomic E-state index is -0.389. The van der Waals surface area contributed by atoms with Gasteiger partial charge in [0.25, 0.3) is 5.91 Å². The molecule has 4 rings (SSSR count). The summed E-state index contributed by atoms with van der Waals surface area (Å²) in [5.74, 6) is 0.721. The molecular weight excluding hydrogens is 345 g/mol. The maximum absolute atomic E-state index is 14.5. The first kappa shape index (κ1) is 17.2. The fourth-order valence-electron chi connectivity index (χ4n) is 3.30. The summed E-state index contributed by atoms with van der Waals surface area (Å²) < 4.78 is 16.5. The van der Waals surface area contributed by atoms with Crippen molar-refractivity contribution in [3.8, 4) is 11.4 Å². The van der Waals surface area contributed by atoms with E-state index in [1.165, 1.54) is 12.1 Å². The predicted octanol–water partition coefficient (Wildman–Crippen LogP) is 3.65. The molecule has 0 bridgehead atoms. The molecular formula is C20H20FN5O. The minimum absolute atomic E-state index is 0.285. The van der Waals surface area contributed by atoms with Crippen molar-refractivity contribution in [3.05, 3.63) is 59.7 Å². The van der Waals surface area contributed by atoms with E-state index >= 15 is 0 Å². The van der Waals surface area contributed by atoms with Crippen LogP contribution in [0.3, 0.4) is 0 Å². The number of hydrogen-bond donors (Lipinski definition) is 2. The zero-order chi connectivity index (χ0) is 18.8. The highest BCUT2D eigenvalue weighted by Crippen LogP contribution is 2.27. The molecule has 0 fully saturated rings. The van der Waals surface area contributed by atoms with E-state index in [9.17, 15) is 9.18 Å². The van der Waals surface area contributed by atoms with Crippen molar-refractivity contribution in [1.82, 2.24) is 14.8 Å². The second-order valence-corrected chi connectivity index (χ2v) is 6.67. The third-order valence-corrected chi connectivity index (χ3v) is 4.75. The van der Waals surface area contributed by atoms with Gasteiger partial charge in [0.2, 0.25) is 0 Å². The average molecular weight is 365 g/mol. The van der Waals surface area contributed by atoms with Gasteiger partial charge in [-0.3, -0.25) is 4.79 Å². The number of nitrogens with two attached hydrogens (primary N) is 1. The quantitative estimate of drug-likeness (QED) is 0.694. The highest BCUT2D eigenvalue weighted by molar-refractivity contribution is 6.04. The van der Waals surface area contributed by atoms with Crippen molar-refractivity contribution in [2.75, 3.05) is 11.1 Å². The van der Waals surface area contributed by atoms with E-state index in [1.807, 2.05) is 4.57 Å². The zero-order valence-corrected chi connectivity index (χ0v) is 14.8. The smallest absolute Gasteiger partial charge is 0.255 e. The number of carbonyl (C=O) groups excluding carboxylic acids is 1. The number of carbonyl (C=O) groups is 1. The van der Waals surface area contributed by atoms with Crippen LogP contribution in [0.1, 0.15) is 35.4 Å². The molecule has 1 aliphatic heterocycles. The highest BCUT2D eigenvalue weighted by atomic mass is 19.1. The average Bonchev–Trinajstić information content (AvgIpc) is 2.91. The largest absolute Gasteiger partial charge is 0.399 e. The fraction of sp³-hybridized carbons (Fsp3) is 0.250. The second kappa shape index (κ2) is 7.19. The van der Waals surface area contributed by atoms with E-state index in [1.54, 1.807) is 30.3 Å². The first-order valence-corrected chi connectivity index (χ1v) is 9.01. The number of amides is 1. The van der Waals surface area contributed by atoms with Gasteiger partial charge >= 0.3 is 0 Å². The Balaban J connectivity index is 1.63. The summed E-state index contributed by atoms with van der Waals surface area (Å²) in [7, 11) is 0. The molecule has 7 heteroatoms. The zero-order valence-electron chi connectivity index (χ0n) is 14.8. The molecule has 1 aromatic heterocycles. The number of nitrogen functional groups attached to an aromatic ring is 1. The Morgan fingerprint density at radius 1 is 1.07 bits per heavy atom. The van der Waals surface area contributed by atoms with Crippen LogP contribution in [0.5, 0.6) is 0 Å². The van der Waals surface area contributed by atoms with Gasteiger partial charge in [-0.1, -0.05) is 6.42 Å². The van der Waals surface area contributed by atoms with Gasteiger partial charge in [-0.2, -0.15) is 0 Å². The third kappa shape index (κ3) is 3.53. The lowest BCUT2D eigenvalue weighted by Gasteiger charge is -2.10. The van der Waals surface area contributed by atoms with Crippen LogP contribution in [-0.2, 0) is 13.0 Å². The van der Waals surface area contributed by atoms with Crippen molar-refractivity contribution in [2.45, 2.75) is 32.2 Å². The number of aryl methyl sites for hydroxylation is 1. The molecule has 0 spiro atoms. The van der Waals surface area contributed by atoms with Crippen LogP contribution >= 0.6 is 0 Å². The summed E-state index contributed by atoms with van der Waals surface area (Å²) in [4.78, 5) is 12.4. The van der Waals surface area contributed by atoms with Crippen molar-refractivity contribution in [1.29, 1.82) is 0 Å². The lowest BCUT2D eigenvalue weighted by Crippen LogP contribution is -2.12. The number of hydrogen-bond acceptors (Lipinski definition) is 4. The molecule has 0 atom stereocenters. The van der Waals surface area contributed by atoms with Crippen LogP contribution in [0.4, 0.5) is 15.8 Å². The summed E-state index contributed by atoms with van der Waals surface area (Å²) in [5.41, 5.74) is 7.55. The SMILES string of the molecule is Nc1ccc(C(=O)Nc2ccc(F)c(-c3nnc4n3CCCCC4)c2)cc1. The molecule has 0 radical (unpaired) electrons. The number of aromatic nitrogens is 3. The molecule has 1 aliphatic rings. The van der Waals surface area contributed by atoms with Crippen molar-refractivity contribution < 1.29 is 9.18 Å². The predicted molar refractivity (Wildman–Crippen MR) is 102 cm³/mol. The van der Waals surface area contributed by atoms with E-state index in [-0.39, 0.29) is 11.7 Å². The Hall–Kier alpha value is -3.22. The van der Waals surface area contributed by atoms with E-state index < -0.39 is 0 Å². The molecule has 138 valence electrons. The maximum atomic E-state index is 14.5. The standard InChI is InChI=1S/C20H20FN5O/c21-17-10-9-15(23-20(27)13-5-7-14(22)8-6-13)12-16(17)19-25-24-18-4-2-1-3-11-26(18)19/h5-10,12H,1-4,11,22H2,(H,23,27). The lowest BCUT2D eigenvalue weighted by atomic mass is 10.1. The van der Waals surface area contributed by atoms with Crippen LogP contribution in [-0.4, -0.2) is 20.7 Å². The summed E-state index contributed by atoms with van der Waals surface area (Å²) in [6.45, 7) is 0.777. The number of anilines is 2. The molecule has 6 nitrogen and oxygen atoms in total. The van der Waals surface area contributed by atoms with Crippen LogP contribution in [0, 0.1) is 5.82 Å². The van der Waals surface area contributed by atoms with Crippen molar-refractivity contribution in [3.63, 3.8) is 0 Å². The first-order chi connectivity index (χ1) is 13.1. The molecule has 3 aromatic rings. The summed E-state index contributed by atoms with van der Waals surface area (Å²) in [6.07, 6.45) is 4.07. The second-order valence-electron chi connectivity index (χ2n) is 6.67. The third-order valence-electron chi connectivity index (χ3n) is 4.75. The van der Waals surface area contributed by atoms with Crippen LogP contribution in [0.15, 0.2) is 42.5 Å². The maximum Gasteiger partial charge on any atom is 0.255 e. The first-order valence-electron chi connectivity index (χ1n) is 9.01. The molecule has 0 aliphatic carbocycles. The minimum Gasteiger partial charge on any atom is -0.399 e. The van der Waals surface area contributed by atoms with Gasteiger partial charge in [0.15, 0.2) is 5.82 Å². The van der Waals surface area contributed by atoms with Crippen molar-refractivity contribution in [2.24, 2.45) is 0 Å². The van der Waals surface area contributed by atoms with E-state index in [2.05, 4.69) is 15.5 Å². The molecule has 2 heterocycles. The Labute approximate surface area is 156 Å². The highest BCUT2D eigenvalue weighted by Gasteiger charge is 2.19. The lowest BCUT2D eigenvalue weighted by molar-refractivity contribution is 0.102. The molecule has 27 heavy (non-hydrogen) atoms. The topological polar surface area (TPSA) is 85.8 Å². The Bertz CT molecular complexity index is 981. The van der Waals surface area contributed by atoms with Crippen molar-refractivity contribution >= 4 is 17.3 Å².